The Morgan fingerprint density at radius 2 is 2.26 bits per heavy atom. The number of hydrogen-bond donors (Lipinski definition) is 3. The molecular formula is C10H7ClN4O4. The number of nitro groups is 1. The van der Waals surface area contributed by atoms with Crippen LogP contribution < -0.4 is 5.32 Å². The number of carbonyl (C=O) groups excluding carboxylic acids is 1. The lowest BCUT2D eigenvalue weighted by Gasteiger charge is -2.06. The first-order chi connectivity index (χ1) is 9.00. The highest BCUT2D eigenvalue weighted by molar-refractivity contribution is 6.32. The molecule has 1 aromatic carbocycles. The number of phenolic OH excluding ortho intramolecular Hbond substituents is 1. The lowest BCUT2D eigenvalue weighted by molar-refractivity contribution is -0.385. The fraction of sp³-hybridized carbons (Fsp3) is 0. The van der Waals surface area contributed by atoms with E-state index in [1.165, 1.54) is 18.2 Å². The van der Waals surface area contributed by atoms with Crippen molar-refractivity contribution in [2.24, 2.45) is 0 Å². The number of para-hydroxylation sites is 1. The number of H-pyrrole nitrogens is 1. The lowest BCUT2D eigenvalue weighted by atomic mass is 10.2. The van der Waals surface area contributed by atoms with Crippen molar-refractivity contribution in [2.45, 2.75) is 0 Å². The number of phenols is 1. The molecule has 0 saturated heterocycles. The van der Waals surface area contributed by atoms with Crippen molar-refractivity contribution in [2.75, 3.05) is 5.32 Å². The minimum atomic E-state index is -0.804. The molecule has 1 heterocycles. The Morgan fingerprint density at radius 3 is 2.95 bits per heavy atom. The molecule has 0 fully saturated rings. The van der Waals surface area contributed by atoms with Crippen LogP contribution in [0.15, 0.2) is 24.4 Å². The summed E-state index contributed by atoms with van der Waals surface area (Å²) in [6.07, 6.45) is 0.923. The molecule has 0 bridgehead atoms. The number of aromatic hydroxyl groups is 1. The van der Waals surface area contributed by atoms with Crippen molar-refractivity contribution in [3.05, 3.63) is 45.2 Å². The van der Waals surface area contributed by atoms with E-state index in [1.807, 2.05) is 0 Å². The fourth-order valence-electron chi connectivity index (χ4n) is 1.39. The summed E-state index contributed by atoms with van der Waals surface area (Å²) in [6.45, 7) is 0. The molecule has 0 aliphatic carbocycles. The molecule has 8 nitrogen and oxygen atoms in total. The Labute approximate surface area is 111 Å². The van der Waals surface area contributed by atoms with Gasteiger partial charge in [-0.3, -0.25) is 20.0 Å². The minimum Gasteiger partial charge on any atom is -0.504 e. The highest BCUT2D eigenvalue weighted by Crippen LogP contribution is 2.31. The molecule has 0 atom stereocenters. The normalized spacial score (nSPS) is 10.2. The van der Waals surface area contributed by atoms with Gasteiger partial charge in [-0.1, -0.05) is 17.7 Å². The number of hydrogen-bond acceptors (Lipinski definition) is 5. The Bertz CT molecular complexity index is 655. The Balaban J connectivity index is 2.29. The molecule has 98 valence electrons. The lowest BCUT2D eigenvalue weighted by Crippen LogP contribution is -2.14. The van der Waals surface area contributed by atoms with E-state index in [0.29, 0.717) is 0 Å². The van der Waals surface area contributed by atoms with Gasteiger partial charge in [0.25, 0.3) is 5.91 Å². The van der Waals surface area contributed by atoms with Crippen molar-refractivity contribution < 1.29 is 14.8 Å². The first-order valence-corrected chi connectivity index (χ1v) is 5.35. The molecule has 9 heteroatoms. The molecule has 1 aromatic heterocycles. The van der Waals surface area contributed by atoms with Gasteiger partial charge in [-0.2, -0.15) is 5.10 Å². The number of anilines is 1. The topological polar surface area (TPSA) is 121 Å². The van der Waals surface area contributed by atoms with Crippen LogP contribution in [0.5, 0.6) is 5.75 Å². The molecule has 2 rings (SSSR count). The van der Waals surface area contributed by atoms with Gasteiger partial charge in [0.2, 0.25) is 5.69 Å². The molecule has 0 aliphatic rings. The van der Waals surface area contributed by atoms with Gasteiger partial charge in [-0.25, -0.2) is 0 Å². The van der Waals surface area contributed by atoms with Crippen molar-refractivity contribution in [3.63, 3.8) is 0 Å². The number of aromatic nitrogens is 2. The van der Waals surface area contributed by atoms with Crippen LogP contribution in [0, 0.1) is 10.1 Å². The fourth-order valence-corrected chi connectivity index (χ4v) is 1.56. The van der Waals surface area contributed by atoms with Gasteiger partial charge < -0.3 is 10.4 Å². The number of nitrogens with zero attached hydrogens (tertiary/aromatic N) is 2. The molecule has 19 heavy (non-hydrogen) atoms. The van der Waals surface area contributed by atoms with E-state index < -0.39 is 16.5 Å². The first kappa shape index (κ1) is 12.8. The Hall–Kier alpha value is -2.61. The van der Waals surface area contributed by atoms with Crippen molar-refractivity contribution in [1.82, 2.24) is 10.2 Å². The summed E-state index contributed by atoms with van der Waals surface area (Å²) in [4.78, 5) is 21.7. The van der Waals surface area contributed by atoms with Gasteiger partial charge in [0.1, 0.15) is 6.20 Å². The standard InChI is InChI=1S/C10H7ClN4O4/c11-5-2-1-3-6(9(5)16)13-10(17)8-7(15(18)19)4-12-14-8/h1-4,16H,(H,12,14)(H,13,17). The molecule has 1 amide bonds. The SMILES string of the molecule is O=C(Nc1cccc(Cl)c1O)c1[nH]ncc1[N+](=O)[O-]. The molecule has 0 radical (unpaired) electrons. The summed E-state index contributed by atoms with van der Waals surface area (Å²) in [6, 6.07) is 4.35. The molecular weight excluding hydrogens is 276 g/mol. The minimum absolute atomic E-state index is 0.0430. The van der Waals surface area contributed by atoms with Crippen LogP contribution >= 0.6 is 11.6 Å². The second-order valence-electron chi connectivity index (χ2n) is 3.48. The predicted octanol–water partition coefficient (Wildman–Crippen LogP) is 1.93. The van der Waals surface area contributed by atoms with Gasteiger partial charge in [-0.05, 0) is 12.1 Å². The zero-order valence-corrected chi connectivity index (χ0v) is 10.0. The maximum Gasteiger partial charge on any atom is 0.319 e. The van der Waals surface area contributed by atoms with Crippen LogP contribution in [0.3, 0.4) is 0 Å². The van der Waals surface area contributed by atoms with E-state index in [9.17, 15) is 20.0 Å². The van der Waals surface area contributed by atoms with Crippen molar-refractivity contribution in [3.8, 4) is 5.75 Å². The summed E-state index contributed by atoms with van der Waals surface area (Å²) >= 11 is 5.67. The number of halogens is 1. The van der Waals surface area contributed by atoms with Gasteiger partial charge in [0.15, 0.2) is 5.75 Å². The number of carbonyl (C=O) groups is 1. The van der Waals surface area contributed by atoms with Crippen LogP contribution in [0.4, 0.5) is 11.4 Å². The summed E-state index contributed by atoms with van der Waals surface area (Å²) in [5.74, 6) is -1.12. The maximum absolute atomic E-state index is 11.8. The first-order valence-electron chi connectivity index (χ1n) is 4.97. The van der Waals surface area contributed by atoms with Crippen molar-refractivity contribution >= 4 is 28.9 Å². The number of amides is 1. The summed E-state index contributed by atoms with van der Waals surface area (Å²) in [7, 11) is 0. The molecule has 0 unspecified atom stereocenters. The van der Waals surface area contributed by atoms with Crippen LogP contribution in [0.2, 0.25) is 5.02 Å². The van der Waals surface area contributed by atoms with Crippen LogP contribution in [-0.4, -0.2) is 26.1 Å². The quantitative estimate of drug-likeness (QED) is 0.451. The van der Waals surface area contributed by atoms with Gasteiger partial charge >= 0.3 is 5.69 Å². The third-order valence-corrected chi connectivity index (χ3v) is 2.58. The summed E-state index contributed by atoms with van der Waals surface area (Å²) in [5.41, 5.74) is -0.732. The third-order valence-electron chi connectivity index (χ3n) is 2.28. The second-order valence-corrected chi connectivity index (χ2v) is 3.88. The second kappa shape index (κ2) is 4.94. The largest absolute Gasteiger partial charge is 0.504 e. The predicted molar refractivity (Wildman–Crippen MR) is 66.3 cm³/mol. The van der Waals surface area contributed by atoms with Crippen LogP contribution in [-0.2, 0) is 0 Å². The van der Waals surface area contributed by atoms with E-state index in [-0.39, 0.29) is 22.2 Å². The number of benzene rings is 1. The zero-order chi connectivity index (χ0) is 14.0. The molecule has 3 N–H and O–H groups in total. The summed E-state index contributed by atoms with van der Waals surface area (Å²) < 4.78 is 0. The molecule has 0 spiro atoms. The van der Waals surface area contributed by atoms with Crippen LogP contribution in [0.25, 0.3) is 0 Å². The van der Waals surface area contributed by atoms with E-state index in [0.717, 1.165) is 6.20 Å². The smallest absolute Gasteiger partial charge is 0.319 e. The molecule has 0 saturated carbocycles. The van der Waals surface area contributed by atoms with Gasteiger partial charge in [0.05, 0.1) is 15.6 Å². The van der Waals surface area contributed by atoms with Gasteiger partial charge in [-0.15, -0.1) is 0 Å². The zero-order valence-electron chi connectivity index (χ0n) is 9.25. The molecule has 2 aromatic rings. The highest BCUT2D eigenvalue weighted by atomic mass is 35.5. The number of rotatable bonds is 3. The summed E-state index contributed by atoms with van der Waals surface area (Å²) in [5, 5.41) is 28.3. The maximum atomic E-state index is 11.8. The van der Waals surface area contributed by atoms with Crippen molar-refractivity contribution in [1.29, 1.82) is 0 Å². The van der Waals surface area contributed by atoms with Crippen LogP contribution in [0.1, 0.15) is 10.5 Å². The average molecular weight is 283 g/mol. The third kappa shape index (κ3) is 2.47. The monoisotopic (exact) mass is 282 g/mol. The average Bonchev–Trinajstić information content (AvgIpc) is 2.84. The Kier molecular flexibility index (Phi) is 3.34. The van der Waals surface area contributed by atoms with E-state index in [2.05, 4.69) is 15.5 Å². The van der Waals surface area contributed by atoms with E-state index in [1.54, 1.807) is 0 Å². The highest BCUT2D eigenvalue weighted by Gasteiger charge is 2.23. The van der Waals surface area contributed by atoms with E-state index in [4.69, 9.17) is 11.6 Å². The number of nitrogens with one attached hydrogen (secondary N) is 2. The van der Waals surface area contributed by atoms with Gasteiger partial charge in [0, 0.05) is 0 Å². The Morgan fingerprint density at radius 1 is 1.53 bits per heavy atom. The van der Waals surface area contributed by atoms with E-state index >= 15 is 0 Å². The number of aromatic amines is 1. The molecule has 0 aliphatic heterocycles.